The van der Waals surface area contributed by atoms with Gasteiger partial charge in [-0.05, 0) is 34.4 Å². The van der Waals surface area contributed by atoms with Gasteiger partial charge in [-0.2, -0.15) is 5.10 Å². The van der Waals surface area contributed by atoms with E-state index in [9.17, 15) is 8.42 Å². The summed E-state index contributed by atoms with van der Waals surface area (Å²) >= 11 is 0. The number of nitrogens with one attached hydrogen (secondary N) is 2. The number of likely N-dealkylation sites (N-methyl/N-ethyl adjacent to an activating group) is 1. The SMILES string of the molecule is CCNC(=NCC(c1cnn(C)c1)N(C)C)NC(C)CCS(C)(=O)=O.I. The third-order valence-corrected chi connectivity index (χ3v) is 4.78. The van der Waals surface area contributed by atoms with Crippen LogP contribution in [0.5, 0.6) is 0 Å². The second-order valence-corrected chi connectivity index (χ2v) is 8.87. The molecule has 2 atom stereocenters. The number of sulfone groups is 1. The molecule has 0 aromatic carbocycles. The van der Waals surface area contributed by atoms with E-state index in [2.05, 4.69) is 25.6 Å². The standard InChI is InChI=1S/C16H32N6O2S.HI/c1-7-17-16(20-13(2)8-9-25(6,23)24)18-11-15(21(3)4)14-10-19-22(5)12-14;/h10,12-13,15H,7-9,11H2,1-6H3,(H2,17,18,20);1H. The van der Waals surface area contributed by atoms with Crippen LogP contribution in [-0.2, 0) is 16.9 Å². The number of aryl methyl sites for hydroxylation is 1. The van der Waals surface area contributed by atoms with Gasteiger partial charge in [0.1, 0.15) is 9.84 Å². The zero-order chi connectivity index (χ0) is 19.0. The summed E-state index contributed by atoms with van der Waals surface area (Å²) in [5, 5.41) is 10.7. The predicted octanol–water partition coefficient (Wildman–Crippen LogP) is 1.02. The molecule has 1 aromatic rings. The quantitative estimate of drug-likeness (QED) is 0.299. The number of nitrogens with zero attached hydrogens (tertiary/aromatic N) is 4. The zero-order valence-corrected chi connectivity index (χ0v) is 19.7. The van der Waals surface area contributed by atoms with E-state index in [1.807, 2.05) is 47.4 Å². The van der Waals surface area contributed by atoms with Crippen molar-refractivity contribution >= 4 is 39.8 Å². The smallest absolute Gasteiger partial charge is 0.191 e. The lowest BCUT2D eigenvalue weighted by Gasteiger charge is -2.23. The largest absolute Gasteiger partial charge is 0.357 e. The van der Waals surface area contributed by atoms with E-state index in [-0.39, 0.29) is 41.8 Å². The Morgan fingerprint density at radius 1 is 1.42 bits per heavy atom. The van der Waals surface area contributed by atoms with Crippen LogP contribution in [0.25, 0.3) is 0 Å². The van der Waals surface area contributed by atoms with Gasteiger partial charge in [-0.15, -0.1) is 24.0 Å². The van der Waals surface area contributed by atoms with Crippen LogP contribution in [0.1, 0.15) is 31.9 Å². The average molecular weight is 500 g/mol. The van der Waals surface area contributed by atoms with Crippen molar-refractivity contribution in [3.63, 3.8) is 0 Å². The predicted molar refractivity (Wildman–Crippen MR) is 118 cm³/mol. The van der Waals surface area contributed by atoms with E-state index >= 15 is 0 Å². The highest BCUT2D eigenvalue weighted by Crippen LogP contribution is 2.17. The molecule has 0 fully saturated rings. The van der Waals surface area contributed by atoms with Gasteiger partial charge in [0.25, 0.3) is 0 Å². The maximum Gasteiger partial charge on any atom is 0.191 e. The third-order valence-electron chi connectivity index (χ3n) is 3.80. The van der Waals surface area contributed by atoms with Crippen LogP contribution in [-0.4, -0.2) is 74.3 Å². The summed E-state index contributed by atoms with van der Waals surface area (Å²) in [7, 11) is 2.98. The first-order valence-corrected chi connectivity index (χ1v) is 10.6. The van der Waals surface area contributed by atoms with Crippen LogP contribution in [0.15, 0.2) is 17.4 Å². The Labute approximate surface area is 174 Å². The van der Waals surface area contributed by atoms with Crippen LogP contribution in [0.2, 0.25) is 0 Å². The molecule has 2 N–H and O–H groups in total. The normalized spacial score (nSPS) is 14.7. The number of aliphatic imine (C=N–C) groups is 1. The Morgan fingerprint density at radius 2 is 2.08 bits per heavy atom. The molecule has 1 rings (SSSR count). The fraction of sp³-hybridized carbons (Fsp3) is 0.750. The molecule has 0 aliphatic heterocycles. The van der Waals surface area contributed by atoms with Crippen LogP contribution in [0.4, 0.5) is 0 Å². The fourth-order valence-corrected chi connectivity index (χ4v) is 3.15. The van der Waals surface area contributed by atoms with E-state index in [1.54, 1.807) is 4.68 Å². The van der Waals surface area contributed by atoms with Gasteiger partial charge >= 0.3 is 0 Å². The van der Waals surface area contributed by atoms with Crippen LogP contribution >= 0.6 is 24.0 Å². The lowest BCUT2D eigenvalue weighted by molar-refractivity contribution is 0.306. The Morgan fingerprint density at radius 3 is 2.54 bits per heavy atom. The minimum atomic E-state index is -2.95. The van der Waals surface area contributed by atoms with Gasteiger partial charge in [0, 0.05) is 37.7 Å². The molecule has 0 radical (unpaired) electrons. The van der Waals surface area contributed by atoms with E-state index in [0.29, 0.717) is 18.9 Å². The molecule has 26 heavy (non-hydrogen) atoms. The van der Waals surface area contributed by atoms with Crippen molar-refractivity contribution < 1.29 is 8.42 Å². The molecule has 0 bridgehead atoms. The van der Waals surface area contributed by atoms with E-state index < -0.39 is 9.84 Å². The number of hydrogen-bond acceptors (Lipinski definition) is 5. The van der Waals surface area contributed by atoms with Crippen molar-refractivity contribution in [3.8, 4) is 0 Å². The molecule has 0 aliphatic carbocycles. The second-order valence-electron chi connectivity index (χ2n) is 6.61. The lowest BCUT2D eigenvalue weighted by atomic mass is 10.1. The van der Waals surface area contributed by atoms with Crippen LogP contribution < -0.4 is 10.6 Å². The number of hydrogen-bond donors (Lipinski definition) is 2. The van der Waals surface area contributed by atoms with Crippen molar-refractivity contribution in [2.75, 3.05) is 39.2 Å². The average Bonchev–Trinajstić information content (AvgIpc) is 2.90. The van der Waals surface area contributed by atoms with Gasteiger partial charge in [-0.25, -0.2) is 8.42 Å². The van der Waals surface area contributed by atoms with Crippen molar-refractivity contribution in [2.45, 2.75) is 32.4 Å². The van der Waals surface area contributed by atoms with Gasteiger partial charge in [0.15, 0.2) is 5.96 Å². The van der Waals surface area contributed by atoms with Crippen molar-refractivity contribution in [2.24, 2.45) is 12.0 Å². The maximum atomic E-state index is 11.3. The summed E-state index contributed by atoms with van der Waals surface area (Å²) in [5.74, 6) is 0.857. The molecular weight excluding hydrogens is 467 g/mol. The first-order chi connectivity index (χ1) is 11.6. The van der Waals surface area contributed by atoms with Crippen molar-refractivity contribution in [1.82, 2.24) is 25.3 Å². The Hall–Kier alpha value is -0.880. The number of rotatable bonds is 9. The number of halogens is 1. The molecular formula is C16H33IN6O2S. The van der Waals surface area contributed by atoms with E-state index in [0.717, 1.165) is 12.1 Å². The topological polar surface area (TPSA) is 91.6 Å². The molecule has 0 spiro atoms. The Kier molecular flexibility index (Phi) is 11.4. The van der Waals surface area contributed by atoms with E-state index in [1.165, 1.54) is 6.26 Å². The Balaban J connectivity index is 0.00000625. The molecule has 10 heteroatoms. The van der Waals surface area contributed by atoms with Crippen LogP contribution in [0, 0.1) is 0 Å². The number of aromatic nitrogens is 2. The van der Waals surface area contributed by atoms with Gasteiger partial charge in [0.2, 0.25) is 0 Å². The summed E-state index contributed by atoms with van der Waals surface area (Å²) in [6, 6.07) is 0.138. The second kappa shape index (κ2) is 11.8. The molecule has 0 aliphatic rings. The Bertz CT molecular complexity index is 659. The molecule has 152 valence electrons. The highest BCUT2D eigenvalue weighted by atomic mass is 127. The molecule has 0 saturated heterocycles. The summed E-state index contributed by atoms with van der Waals surface area (Å²) in [4.78, 5) is 6.78. The van der Waals surface area contributed by atoms with Gasteiger partial charge in [-0.3, -0.25) is 9.67 Å². The molecule has 2 unspecified atom stereocenters. The molecule has 1 heterocycles. The third kappa shape index (κ3) is 9.72. The minimum absolute atomic E-state index is 0. The summed E-state index contributed by atoms with van der Waals surface area (Å²) in [6.07, 6.45) is 5.65. The number of guanidine groups is 1. The van der Waals surface area contributed by atoms with Crippen molar-refractivity contribution in [3.05, 3.63) is 18.0 Å². The van der Waals surface area contributed by atoms with E-state index in [4.69, 9.17) is 0 Å². The summed E-state index contributed by atoms with van der Waals surface area (Å²) < 4.78 is 24.4. The summed E-state index contributed by atoms with van der Waals surface area (Å²) in [6.45, 7) is 5.28. The zero-order valence-electron chi connectivity index (χ0n) is 16.6. The molecule has 0 saturated carbocycles. The maximum absolute atomic E-state index is 11.3. The van der Waals surface area contributed by atoms with Gasteiger partial charge < -0.3 is 15.5 Å². The highest BCUT2D eigenvalue weighted by Gasteiger charge is 2.16. The highest BCUT2D eigenvalue weighted by molar-refractivity contribution is 14.0. The van der Waals surface area contributed by atoms with Gasteiger partial charge in [0.05, 0.1) is 24.5 Å². The molecule has 0 amide bonds. The fourth-order valence-electron chi connectivity index (χ4n) is 2.37. The first kappa shape index (κ1) is 25.1. The first-order valence-electron chi connectivity index (χ1n) is 8.50. The van der Waals surface area contributed by atoms with Crippen LogP contribution in [0.3, 0.4) is 0 Å². The van der Waals surface area contributed by atoms with Gasteiger partial charge in [-0.1, -0.05) is 0 Å². The monoisotopic (exact) mass is 500 g/mol. The van der Waals surface area contributed by atoms with Crippen molar-refractivity contribution in [1.29, 1.82) is 0 Å². The summed E-state index contributed by atoms with van der Waals surface area (Å²) in [5.41, 5.74) is 1.11. The molecule has 8 nitrogen and oxygen atoms in total. The minimum Gasteiger partial charge on any atom is -0.357 e. The molecule has 1 aromatic heterocycles. The lowest BCUT2D eigenvalue weighted by Crippen LogP contribution is -2.43.